The molecule has 1 aromatic heterocycles. The number of Topliss-reactive ketones (excluding diaryl/α,β-unsaturated/α-hetero) is 1. The van der Waals surface area contributed by atoms with Crippen molar-refractivity contribution in [2.45, 2.75) is 25.2 Å². The van der Waals surface area contributed by atoms with Gasteiger partial charge in [-0.15, -0.1) is 0 Å². The van der Waals surface area contributed by atoms with E-state index in [9.17, 15) is 20.2 Å². The van der Waals surface area contributed by atoms with E-state index in [2.05, 4.69) is 11.1 Å². The molecule has 0 saturated carbocycles. The number of nitriles is 1. The highest BCUT2D eigenvalue weighted by molar-refractivity contribution is 6.01. The van der Waals surface area contributed by atoms with Crippen LogP contribution < -0.4 is 10.6 Å². The molecule has 2 N–H and O–H groups in total. The standard InChI is InChI=1S/C21H17N5O3/c22-11-16-19(13-3-2-10-24-12-13)20-17(4-1-5-18(20)27)25(21(16)23)14-6-8-15(9-7-14)26(28)29/h2-3,6-10,12,19H,1,4-5,23H2/t19-/m0/s1. The Kier molecular flexibility index (Phi) is 4.56. The molecule has 0 unspecified atom stereocenters. The number of ketones is 1. The number of aromatic nitrogens is 1. The molecular weight excluding hydrogens is 370 g/mol. The largest absolute Gasteiger partial charge is 0.384 e. The van der Waals surface area contributed by atoms with Crippen LogP contribution in [-0.2, 0) is 4.79 Å². The van der Waals surface area contributed by atoms with E-state index in [0.29, 0.717) is 30.5 Å². The number of carbonyl (C=O) groups is 1. The SMILES string of the molecule is N#CC1=C(N)N(c2ccc([N+](=O)[O-])cc2)C2=C(C(=O)CCC2)[C@H]1c1cccnc1. The zero-order valence-electron chi connectivity index (χ0n) is 15.4. The van der Waals surface area contributed by atoms with Crippen LogP contribution in [0.1, 0.15) is 30.7 Å². The van der Waals surface area contributed by atoms with Crippen molar-refractivity contribution in [2.24, 2.45) is 5.73 Å². The van der Waals surface area contributed by atoms with E-state index in [1.165, 1.54) is 12.1 Å². The van der Waals surface area contributed by atoms with Crippen molar-refractivity contribution >= 4 is 17.2 Å². The summed E-state index contributed by atoms with van der Waals surface area (Å²) in [5.74, 6) is -0.360. The van der Waals surface area contributed by atoms with E-state index in [1.54, 1.807) is 35.5 Å². The Morgan fingerprint density at radius 3 is 2.62 bits per heavy atom. The van der Waals surface area contributed by atoms with E-state index in [1.807, 2.05) is 6.07 Å². The molecule has 0 spiro atoms. The van der Waals surface area contributed by atoms with Crippen molar-refractivity contribution in [1.82, 2.24) is 4.98 Å². The average Bonchev–Trinajstić information content (AvgIpc) is 2.74. The highest BCUT2D eigenvalue weighted by Gasteiger charge is 2.40. The zero-order chi connectivity index (χ0) is 20.5. The number of benzene rings is 1. The van der Waals surface area contributed by atoms with Gasteiger partial charge >= 0.3 is 0 Å². The van der Waals surface area contributed by atoms with Crippen LogP contribution in [0.5, 0.6) is 0 Å². The Morgan fingerprint density at radius 1 is 1.24 bits per heavy atom. The fourth-order valence-corrected chi connectivity index (χ4v) is 3.98. The number of nitrogens with two attached hydrogens (primary N) is 1. The number of nitrogens with zero attached hydrogens (tertiary/aromatic N) is 4. The summed E-state index contributed by atoms with van der Waals surface area (Å²) >= 11 is 0. The second kappa shape index (κ2) is 7.20. The third-order valence-electron chi connectivity index (χ3n) is 5.25. The number of hydrogen-bond acceptors (Lipinski definition) is 7. The number of allylic oxidation sites excluding steroid dienone is 3. The smallest absolute Gasteiger partial charge is 0.269 e. The predicted octanol–water partition coefficient (Wildman–Crippen LogP) is 3.29. The van der Waals surface area contributed by atoms with Crippen LogP contribution >= 0.6 is 0 Å². The summed E-state index contributed by atoms with van der Waals surface area (Å²) in [6.07, 6.45) is 4.97. The molecular formula is C21H17N5O3. The summed E-state index contributed by atoms with van der Waals surface area (Å²) in [7, 11) is 0. The fourth-order valence-electron chi connectivity index (χ4n) is 3.98. The van der Waals surface area contributed by atoms with Gasteiger partial charge in [0.1, 0.15) is 5.82 Å². The monoisotopic (exact) mass is 387 g/mol. The van der Waals surface area contributed by atoms with Crippen LogP contribution in [0.3, 0.4) is 0 Å². The van der Waals surface area contributed by atoms with E-state index in [-0.39, 0.29) is 22.9 Å². The number of anilines is 1. The van der Waals surface area contributed by atoms with Crippen molar-refractivity contribution < 1.29 is 9.72 Å². The van der Waals surface area contributed by atoms with Crippen LogP contribution in [0.4, 0.5) is 11.4 Å². The second-order valence-electron chi connectivity index (χ2n) is 6.88. The molecule has 0 saturated heterocycles. The maximum Gasteiger partial charge on any atom is 0.269 e. The van der Waals surface area contributed by atoms with Crippen LogP contribution in [0, 0.1) is 21.4 Å². The summed E-state index contributed by atoms with van der Waals surface area (Å²) in [6.45, 7) is 0. The number of nitro groups is 1. The van der Waals surface area contributed by atoms with E-state index in [0.717, 1.165) is 11.3 Å². The molecule has 0 fully saturated rings. The van der Waals surface area contributed by atoms with Crippen LogP contribution in [-0.4, -0.2) is 15.7 Å². The summed E-state index contributed by atoms with van der Waals surface area (Å²) < 4.78 is 0. The van der Waals surface area contributed by atoms with Gasteiger partial charge < -0.3 is 5.73 Å². The van der Waals surface area contributed by atoms with Crippen molar-refractivity contribution in [1.29, 1.82) is 5.26 Å². The molecule has 0 amide bonds. The highest BCUT2D eigenvalue weighted by atomic mass is 16.6. The predicted molar refractivity (Wildman–Crippen MR) is 105 cm³/mol. The lowest BCUT2D eigenvalue weighted by atomic mass is 9.76. The lowest BCUT2D eigenvalue weighted by Gasteiger charge is -2.39. The van der Waals surface area contributed by atoms with Gasteiger partial charge in [-0.05, 0) is 36.6 Å². The van der Waals surface area contributed by atoms with Gasteiger partial charge in [-0.3, -0.25) is 24.8 Å². The number of carbonyl (C=O) groups excluding carboxylic acids is 1. The van der Waals surface area contributed by atoms with Crippen molar-refractivity contribution in [3.05, 3.63) is 87.1 Å². The Bertz CT molecular complexity index is 1100. The Hall–Kier alpha value is -3.99. The van der Waals surface area contributed by atoms with Crippen LogP contribution in [0.15, 0.2) is 71.5 Å². The Labute approximate surface area is 166 Å². The molecule has 1 aliphatic heterocycles. The van der Waals surface area contributed by atoms with Gasteiger partial charge in [0.25, 0.3) is 5.69 Å². The molecule has 1 atom stereocenters. The van der Waals surface area contributed by atoms with Crippen molar-refractivity contribution in [2.75, 3.05) is 4.90 Å². The summed E-state index contributed by atoms with van der Waals surface area (Å²) in [6, 6.07) is 11.7. The summed E-state index contributed by atoms with van der Waals surface area (Å²) in [4.78, 5) is 29.2. The lowest BCUT2D eigenvalue weighted by molar-refractivity contribution is -0.384. The first-order valence-corrected chi connectivity index (χ1v) is 9.13. The third kappa shape index (κ3) is 3.02. The number of nitro benzene ring substituents is 1. The van der Waals surface area contributed by atoms with E-state index in [4.69, 9.17) is 5.73 Å². The second-order valence-corrected chi connectivity index (χ2v) is 6.88. The first-order valence-electron chi connectivity index (χ1n) is 9.13. The van der Waals surface area contributed by atoms with Gasteiger partial charge in [0.05, 0.1) is 22.5 Å². The maximum atomic E-state index is 12.9. The minimum Gasteiger partial charge on any atom is -0.384 e. The van der Waals surface area contributed by atoms with Gasteiger partial charge in [0.2, 0.25) is 0 Å². The van der Waals surface area contributed by atoms with Crippen LogP contribution in [0.2, 0.25) is 0 Å². The molecule has 0 bridgehead atoms. The van der Waals surface area contributed by atoms with E-state index < -0.39 is 10.8 Å². The topological polar surface area (TPSA) is 126 Å². The normalized spacial score (nSPS) is 19.1. The number of pyridine rings is 1. The third-order valence-corrected chi connectivity index (χ3v) is 5.25. The molecule has 8 nitrogen and oxygen atoms in total. The van der Waals surface area contributed by atoms with Crippen molar-refractivity contribution in [3.8, 4) is 6.07 Å². The van der Waals surface area contributed by atoms with Gasteiger partial charge in [-0.25, -0.2) is 0 Å². The van der Waals surface area contributed by atoms with Gasteiger partial charge in [-0.1, -0.05) is 6.07 Å². The molecule has 29 heavy (non-hydrogen) atoms. The molecule has 1 aliphatic carbocycles. The molecule has 1 aromatic carbocycles. The quantitative estimate of drug-likeness (QED) is 0.632. The molecule has 144 valence electrons. The van der Waals surface area contributed by atoms with Crippen molar-refractivity contribution in [3.63, 3.8) is 0 Å². The lowest BCUT2D eigenvalue weighted by Crippen LogP contribution is -2.38. The maximum absolute atomic E-state index is 12.9. The fraction of sp³-hybridized carbons (Fsp3) is 0.190. The van der Waals surface area contributed by atoms with E-state index >= 15 is 0 Å². The van der Waals surface area contributed by atoms with Gasteiger partial charge in [0.15, 0.2) is 5.78 Å². The molecule has 0 radical (unpaired) electrons. The molecule has 2 aromatic rings. The molecule has 2 heterocycles. The summed E-state index contributed by atoms with van der Waals surface area (Å²) in [5, 5.41) is 20.9. The number of non-ortho nitro benzene ring substituents is 1. The van der Waals surface area contributed by atoms with Gasteiger partial charge in [0, 0.05) is 47.9 Å². The minimum atomic E-state index is -0.564. The van der Waals surface area contributed by atoms with Gasteiger partial charge in [-0.2, -0.15) is 5.26 Å². The van der Waals surface area contributed by atoms with Crippen LogP contribution in [0.25, 0.3) is 0 Å². The highest BCUT2D eigenvalue weighted by Crippen LogP contribution is 2.46. The first-order chi connectivity index (χ1) is 14.0. The number of rotatable bonds is 3. The number of hydrogen-bond donors (Lipinski definition) is 1. The minimum absolute atomic E-state index is 0.0211. The average molecular weight is 387 g/mol. The first kappa shape index (κ1) is 18.4. The Morgan fingerprint density at radius 2 is 2.00 bits per heavy atom. The molecule has 8 heteroatoms. The Balaban J connectivity index is 1.92. The zero-order valence-corrected chi connectivity index (χ0v) is 15.4. The molecule has 4 rings (SSSR count). The molecule has 2 aliphatic rings. The summed E-state index contributed by atoms with van der Waals surface area (Å²) in [5.41, 5.74) is 9.25.